The van der Waals surface area contributed by atoms with E-state index in [1.165, 1.54) is 10.4 Å². The van der Waals surface area contributed by atoms with E-state index in [4.69, 9.17) is 4.74 Å². The minimum atomic E-state index is -3.52. The standard InChI is InChI=1S/C24H32N4O4S/c1-3-27-17-20(32-23-12-5-4-11-22(23)27)16-26(2)18-24(29)25-19-9-8-10-21(15-19)33(30,31)28-13-6-7-14-28/h4-5,8-12,15,20H,3,6-7,13-14,16-18H2,1-2H3,(H,25,29)/t20-/m0/s1. The molecule has 2 aliphatic heterocycles. The van der Waals surface area contributed by atoms with Gasteiger partial charge in [-0.15, -0.1) is 0 Å². The summed E-state index contributed by atoms with van der Waals surface area (Å²) in [6, 6.07) is 14.5. The summed E-state index contributed by atoms with van der Waals surface area (Å²) in [7, 11) is -1.64. The first-order valence-electron chi connectivity index (χ1n) is 11.5. The number of benzene rings is 2. The van der Waals surface area contributed by atoms with Crippen LogP contribution in [0.5, 0.6) is 5.75 Å². The van der Waals surface area contributed by atoms with Crippen LogP contribution in [0.3, 0.4) is 0 Å². The highest BCUT2D eigenvalue weighted by atomic mass is 32.2. The maximum Gasteiger partial charge on any atom is 0.243 e. The van der Waals surface area contributed by atoms with Gasteiger partial charge in [-0.3, -0.25) is 9.69 Å². The predicted molar refractivity (Wildman–Crippen MR) is 129 cm³/mol. The zero-order valence-corrected chi connectivity index (χ0v) is 20.1. The second-order valence-electron chi connectivity index (χ2n) is 8.63. The third kappa shape index (κ3) is 5.48. The molecule has 9 heteroatoms. The Kier molecular flexibility index (Phi) is 7.21. The molecule has 2 aromatic rings. The summed E-state index contributed by atoms with van der Waals surface area (Å²) in [5.74, 6) is 0.668. The Balaban J connectivity index is 1.34. The van der Waals surface area contributed by atoms with Crippen LogP contribution in [0.15, 0.2) is 53.4 Å². The fraction of sp³-hybridized carbons (Fsp3) is 0.458. The Labute approximate surface area is 196 Å². The summed E-state index contributed by atoms with van der Waals surface area (Å²) in [5, 5.41) is 2.83. The number of nitrogens with one attached hydrogen (secondary N) is 1. The van der Waals surface area contributed by atoms with E-state index in [1.807, 2.05) is 30.1 Å². The lowest BCUT2D eigenvalue weighted by Gasteiger charge is -2.37. The zero-order chi connectivity index (χ0) is 23.4. The number of hydrogen-bond donors (Lipinski definition) is 1. The summed E-state index contributed by atoms with van der Waals surface area (Å²) >= 11 is 0. The fourth-order valence-electron chi connectivity index (χ4n) is 4.44. The number of ether oxygens (including phenoxy) is 1. The highest BCUT2D eigenvalue weighted by molar-refractivity contribution is 7.89. The van der Waals surface area contributed by atoms with Crippen LogP contribution >= 0.6 is 0 Å². The largest absolute Gasteiger partial charge is 0.485 e. The molecule has 1 saturated heterocycles. The van der Waals surface area contributed by atoms with Crippen LogP contribution in [0.1, 0.15) is 19.8 Å². The number of fused-ring (bicyclic) bond motifs is 1. The number of carbonyl (C=O) groups is 1. The SMILES string of the molecule is CCN1C[C@H](CN(C)CC(=O)Nc2cccc(S(=O)(=O)N3CCCC3)c2)Oc2ccccc21. The van der Waals surface area contributed by atoms with Crippen molar-refractivity contribution >= 4 is 27.3 Å². The van der Waals surface area contributed by atoms with Crippen molar-refractivity contribution in [1.29, 1.82) is 0 Å². The van der Waals surface area contributed by atoms with Crippen molar-refractivity contribution in [3.63, 3.8) is 0 Å². The molecule has 178 valence electrons. The van der Waals surface area contributed by atoms with Gasteiger partial charge < -0.3 is 15.0 Å². The molecule has 2 heterocycles. The summed E-state index contributed by atoms with van der Waals surface area (Å²) < 4.78 is 33.2. The molecule has 2 aliphatic rings. The number of nitrogens with zero attached hydrogens (tertiary/aromatic N) is 3. The quantitative estimate of drug-likeness (QED) is 0.636. The van der Waals surface area contributed by atoms with Crippen LogP contribution in [0, 0.1) is 0 Å². The molecule has 2 aromatic carbocycles. The zero-order valence-electron chi connectivity index (χ0n) is 19.2. The normalized spacial score (nSPS) is 18.8. The number of sulfonamides is 1. The van der Waals surface area contributed by atoms with Crippen molar-refractivity contribution in [1.82, 2.24) is 9.21 Å². The molecular weight excluding hydrogens is 440 g/mol. The van der Waals surface area contributed by atoms with Crippen molar-refractivity contribution in [3.05, 3.63) is 48.5 Å². The monoisotopic (exact) mass is 472 g/mol. The van der Waals surface area contributed by atoms with Gasteiger partial charge in [0.1, 0.15) is 11.9 Å². The van der Waals surface area contributed by atoms with Gasteiger partial charge in [-0.2, -0.15) is 4.31 Å². The van der Waals surface area contributed by atoms with Crippen molar-refractivity contribution in [2.45, 2.75) is 30.8 Å². The second kappa shape index (κ2) is 10.1. The molecule has 0 aliphatic carbocycles. The van der Waals surface area contributed by atoms with Crippen molar-refractivity contribution in [2.75, 3.05) is 56.5 Å². The summed E-state index contributed by atoms with van der Waals surface area (Å²) in [6.07, 6.45) is 1.72. The van der Waals surface area contributed by atoms with E-state index in [0.717, 1.165) is 37.4 Å². The van der Waals surface area contributed by atoms with Gasteiger partial charge in [0, 0.05) is 31.9 Å². The summed E-state index contributed by atoms with van der Waals surface area (Å²) in [6.45, 7) is 5.64. The third-order valence-electron chi connectivity index (χ3n) is 6.05. The molecule has 0 bridgehead atoms. The maximum atomic E-state index is 12.8. The Hall–Kier alpha value is -2.62. The first-order valence-corrected chi connectivity index (χ1v) is 12.9. The number of amides is 1. The van der Waals surface area contributed by atoms with Gasteiger partial charge in [0.2, 0.25) is 15.9 Å². The topological polar surface area (TPSA) is 82.2 Å². The highest BCUT2D eigenvalue weighted by Crippen LogP contribution is 2.32. The van der Waals surface area contributed by atoms with E-state index < -0.39 is 10.0 Å². The number of anilines is 2. The number of likely N-dealkylation sites (N-methyl/N-ethyl adjacent to an activating group) is 2. The van der Waals surface area contributed by atoms with Gasteiger partial charge in [-0.05, 0) is 57.1 Å². The smallest absolute Gasteiger partial charge is 0.243 e. The van der Waals surface area contributed by atoms with Gasteiger partial charge in [0.15, 0.2) is 0 Å². The molecule has 0 saturated carbocycles. The molecule has 1 N–H and O–H groups in total. The molecule has 1 atom stereocenters. The van der Waals surface area contributed by atoms with Crippen LogP contribution in [0.25, 0.3) is 0 Å². The van der Waals surface area contributed by atoms with Crippen molar-refractivity contribution in [3.8, 4) is 5.75 Å². The molecule has 0 aromatic heterocycles. The molecule has 33 heavy (non-hydrogen) atoms. The van der Waals surface area contributed by atoms with E-state index in [9.17, 15) is 13.2 Å². The molecule has 0 spiro atoms. The fourth-order valence-corrected chi connectivity index (χ4v) is 6.01. The number of rotatable bonds is 8. The predicted octanol–water partition coefficient (Wildman–Crippen LogP) is 2.63. The first-order chi connectivity index (χ1) is 15.9. The number of para-hydroxylation sites is 2. The Morgan fingerprint density at radius 2 is 1.91 bits per heavy atom. The Morgan fingerprint density at radius 1 is 1.15 bits per heavy atom. The maximum absolute atomic E-state index is 12.8. The lowest BCUT2D eigenvalue weighted by molar-refractivity contribution is -0.117. The van der Waals surface area contributed by atoms with Crippen LogP contribution < -0.4 is 15.0 Å². The van der Waals surface area contributed by atoms with E-state index in [-0.39, 0.29) is 23.5 Å². The minimum absolute atomic E-state index is 0.0495. The first kappa shape index (κ1) is 23.5. The second-order valence-corrected chi connectivity index (χ2v) is 10.6. The van der Waals surface area contributed by atoms with Crippen LogP contribution in [0.2, 0.25) is 0 Å². The summed E-state index contributed by atoms with van der Waals surface area (Å²) in [4.78, 5) is 17.1. The van der Waals surface area contributed by atoms with Crippen LogP contribution in [-0.4, -0.2) is 76.0 Å². The van der Waals surface area contributed by atoms with Gasteiger partial charge in [0.05, 0.1) is 23.7 Å². The van der Waals surface area contributed by atoms with E-state index in [1.54, 1.807) is 18.2 Å². The van der Waals surface area contributed by atoms with Gasteiger partial charge in [-0.1, -0.05) is 18.2 Å². The van der Waals surface area contributed by atoms with Gasteiger partial charge in [0.25, 0.3) is 0 Å². The van der Waals surface area contributed by atoms with Crippen molar-refractivity contribution < 1.29 is 17.9 Å². The Morgan fingerprint density at radius 3 is 2.67 bits per heavy atom. The number of hydrogen-bond acceptors (Lipinski definition) is 6. The van der Waals surface area contributed by atoms with Gasteiger partial charge in [-0.25, -0.2) is 8.42 Å². The third-order valence-corrected chi connectivity index (χ3v) is 7.95. The lowest BCUT2D eigenvalue weighted by atomic mass is 10.2. The van der Waals surface area contributed by atoms with Crippen LogP contribution in [0.4, 0.5) is 11.4 Å². The molecular formula is C24H32N4O4S. The minimum Gasteiger partial charge on any atom is -0.485 e. The average molecular weight is 473 g/mol. The molecule has 8 nitrogen and oxygen atoms in total. The molecule has 0 unspecified atom stereocenters. The average Bonchev–Trinajstić information content (AvgIpc) is 3.34. The van der Waals surface area contributed by atoms with Crippen LogP contribution in [-0.2, 0) is 14.8 Å². The molecule has 1 amide bonds. The van der Waals surface area contributed by atoms with Crippen molar-refractivity contribution in [2.24, 2.45) is 0 Å². The van der Waals surface area contributed by atoms with E-state index in [0.29, 0.717) is 25.3 Å². The molecule has 0 radical (unpaired) electrons. The Bertz CT molecular complexity index is 1090. The van der Waals surface area contributed by atoms with Gasteiger partial charge >= 0.3 is 0 Å². The molecule has 1 fully saturated rings. The van der Waals surface area contributed by atoms with E-state index >= 15 is 0 Å². The lowest BCUT2D eigenvalue weighted by Crippen LogP contribution is -2.46. The summed E-state index contributed by atoms with van der Waals surface area (Å²) in [5.41, 5.74) is 1.58. The highest BCUT2D eigenvalue weighted by Gasteiger charge is 2.28. The number of carbonyl (C=O) groups excluding carboxylic acids is 1. The molecule has 4 rings (SSSR count). The van der Waals surface area contributed by atoms with E-state index in [2.05, 4.69) is 23.2 Å².